The number of carbonyl (C=O) groups excluding carboxylic acids is 3. The number of hydrogen-bond donors (Lipinski definition) is 1. The van der Waals surface area contributed by atoms with Crippen LogP contribution < -0.4 is 15.3 Å². The molecule has 9 heteroatoms. The summed E-state index contributed by atoms with van der Waals surface area (Å²) in [5, 5.41) is 15.9. The lowest BCUT2D eigenvalue weighted by atomic mass is 10.0. The molecule has 2 heterocycles. The number of nitrogens with zero attached hydrogens (tertiary/aromatic N) is 3. The first kappa shape index (κ1) is 28.4. The Bertz CT molecular complexity index is 1150. The number of anilines is 2. The van der Waals surface area contributed by atoms with Crippen LogP contribution in [0.4, 0.5) is 21.0 Å². The summed E-state index contributed by atoms with van der Waals surface area (Å²) in [6, 6.07) is 16.9. The van der Waals surface area contributed by atoms with E-state index in [2.05, 4.69) is 5.32 Å². The van der Waals surface area contributed by atoms with Crippen molar-refractivity contribution in [3.63, 3.8) is 0 Å². The second-order valence-electron chi connectivity index (χ2n) is 11.6. The molecule has 210 valence electrons. The molecule has 0 radical (unpaired) electrons. The first-order valence-corrected chi connectivity index (χ1v) is 13.8. The Hall–Kier alpha value is -3.59. The van der Waals surface area contributed by atoms with Crippen LogP contribution in [-0.4, -0.2) is 71.8 Å². The average Bonchev–Trinajstić information content (AvgIpc) is 2.89. The van der Waals surface area contributed by atoms with Gasteiger partial charge < -0.3 is 24.9 Å². The van der Waals surface area contributed by atoms with Gasteiger partial charge in [0, 0.05) is 36.4 Å². The minimum atomic E-state index is -1.14. The maximum atomic E-state index is 13.1. The SMILES string of the molecule is CC(C)(C)OC(=O)N1CC[N+](Cc2ccccc2)(C(=O)[O-])C[C@H]1CCNc1ccc(N2CCCCC2=O)cc1. The highest BCUT2D eigenvalue weighted by molar-refractivity contribution is 5.94. The molecule has 0 saturated carbocycles. The molecular formula is C30H40N4O5. The van der Waals surface area contributed by atoms with E-state index in [0.717, 1.165) is 36.3 Å². The number of ether oxygens (including phenoxy) is 1. The van der Waals surface area contributed by atoms with Crippen LogP contribution in [0.1, 0.15) is 52.0 Å². The number of piperazine rings is 1. The van der Waals surface area contributed by atoms with E-state index in [9.17, 15) is 19.5 Å². The van der Waals surface area contributed by atoms with Crippen molar-refractivity contribution in [3.8, 4) is 0 Å². The Morgan fingerprint density at radius 3 is 2.41 bits per heavy atom. The first-order chi connectivity index (χ1) is 18.6. The Labute approximate surface area is 230 Å². The van der Waals surface area contributed by atoms with E-state index in [1.54, 1.807) is 4.90 Å². The van der Waals surface area contributed by atoms with Crippen LogP contribution in [0.15, 0.2) is 54.6 Å². The van der Waals surface area contributed by atoms with Gasteiger partial charge in [-0.05, 0) is 64.3 Å². The first-order valence-electron chi connectivity index (χ1n) is 13.8. The lowest BCUT2D eigenvalue weighted by molar-refractivity contribution is -0.895. The van der Waals surface area contributed by atoms with Gasteiger partial charge in [-0.25, -0.2) is 4.79 Å². The minimum Gasteiger partial charge on any atom is -0.498 e. The number of carboxylic acid groups (broad SMARTS) is 1. The van der Waals surface area contributed by atoms with E-state index < -0.39 is 17.8 Å². The summed E-state index contributed by atoms with van der Waals surface area (Å²) < 4.78 is 5.42. The molecule has 2 fully saturated rings. The molecule has 0 bridgehead atoms. The summed E-state index contributed by atoms with van der Waals surface area (Å²) in [6.45, 7) is 7.78. The summed E-state index contributed by atoms with van der Waals surface area (Å²) >= 11 is 0. The number of benzene rings is 2. The third-order valence-electron chi connectivity index (χ3n) is 7.42. The molecule has 0 spiro atoms. The molecule has 2 aliphatic heterocycles. The van der Waals surface area contributed by atoms with Crippen LogP contribution in [0.2, 0.25) is 0 Å². The molecule has 39 heavy (non-hydrogen) atoms. The Balaban J connectivity index is 1.45. The highest BCUT2D eigenvalue weighted by atomic mass is 16.6. The normalized spacial score (nSPS) is 21.9. The molecule has 3 amide bonds. The largest absolute Gasteiger partial charge is 0.498 e. The smallest absolute Gasteiger partial charge is 0.410 e. The van der Waals surface area contributed by atoms with Crippen molar-refractivity contribution in [1.29, 1.82) is 0 Å². The molecule has 2 aromatic carbocycles. The van der Waals surface area contributed by atoms with Crippen molar-refractivity contribution in [3.05, 3.63) is 60.2 Å². The minimum absolute atomic E-state index is 0.159. The van der Waals surface area contributed by atoms with E-state index in [0.29, 0.717) is 25.9 Å². The number of rotatable bonds is 7. The summed E-state index contributed by atoms with van der Waals surface area (Å²) in [6.07, 6.45) is 1.51. The fraction of sp³-hybridized carbons (Fsp3) is 0.500. The Morgan fingerprint density at radius 1 is 1.05 bits per heavy atom. The molecule has 0 aromatic heterocycles. The zero-order chi connectivity index (χ0) is 28.0. The fourth-order valence-electron chi connectivity index (χ4n) is 5.41. The standard InChI is InChI=1S/C30H40N4O5/c1-30(2,3)39-28(36)33-19-20-34(29(37)38,21-23-9-5-4-6-10-23)22-26(33)16-17-31-24-12-14-25(15-13-24)32-18-8-7-11-27(32)35/h4-6,9-10,12-15,26,31H,7-8,11,16-22H2,1-3H3/t26-,34?/m1/s1. The molecule has 2 aliphatic rings. The van der Waals surface area contributed by atoms with Gasteiger partial charge >= 0.3 is 6.09 Å². The molecule has 0 aliphatic carbocycles. The monoisotopic (exact) mass is 536 g/mol. The van der Waals surface area contributed by atoms with E-state index in [1.165, 1.54) is 0 Å². The number of piperidine rings is 1. The second-order valence-corrected chi connectivity index (χ2v) is 11.6. The molecule has 2 atom stereocenters. The summed E-state index contributed by atoms with van der Waals surface area (Å²) in [5.74, 6) is 0.159. The third kappa shape index (κ3) is 7.29. The van der Waals surface area contributed by atoms with Gasteiger partial charge in [-0.15, -0.1) is 0 Å². The van der Waals surface area contributed by atoms with Crippen molar-refractivity contribution in [1.82, 2.24) is 4.90 Å². The molecule has 2 aromatic rings. The molecule has 1 N–H and O–H groups in total. The average molecular weight is 537 g/mol. The maximum absolute atomic E-state index is 13.1. The summed E-state index contributed by atoms with van der Waals surface area (Å²) in [7, 11) is 0. The van der Waals surface area contributed by atoms with Crippen LogP contribution in [0, 0.1) is 0 Å². The van der Waals surface area contributed by atoms with Gasteiger partial charge in [0.2, 0.25) is 5.91 Å². The van der Waals surface area contributed by atoms with Crippen molar-refractivity contribution in [2.24, 2.45) is 0 Å². The van der Waals surface area contributed by atoms with Crippen molar-refractivity contribution in [2.75, 3.05) is 42.9 Å². The van der Waals surface area contributed by atoms with Crippen molar-refractivity contribution in [2.45, 2.75) is 64.6 Å². The lowest BCUT2D eigenvalue weighted by Gasteiger charge is -2.48. The van der Waals surface area contributed by atoms with Gasteiger partial charge in [0.05, 0.1) is 12.6 Å². The predicted molar refractivity (Wildman–Crippen MR) is 148 cm³/mol. The van der Waals surface area contributed by atoms with Gasteiger partial charge in [-0.3, -0.25) is 14.2 Å². The zero-order valence-corrected chi connectivity index (χ0v) is 23.2. The van der Waals surface area contributed by atoms with E-state index in [-0.39, 0.29) is 36.1 Å². The van der Waals surface area contributed by atoms with Crippen LogP contribution in [0.25, 0.3) is 0 Å². The van der Waals surface area contributed by atoms with Gasteiger partial charge in [0.25, 0.3) is 6.09 Å². The molecule has 4 rings (SSSR count). The van der Waals surface area contributed by atoms with Crippen LogP contribution >= 0.6 is 0 Å². The van der Waals surface area contributed by atoms with Crippen molar-refractivity contribution < 1.29 is 28.7 Å². The van der Waals surface area contributed by atoms with Crippen LogP contribution in [-0.2, 0) is 16.1 Å². The lowest BCUT2D eigenvalue weighted by Crippen LogP contribution is -2.69. The van der Waals surface area contributed by atoms with Gasteiger partial charge in [-0.1, -0.05) is 30.3 Å². The highest BCUT2D eigenvalue weighted by Gasteiger charge is 2.43. The van der Waals surface area contributed by atoms with E-state index >= 15 is 0 Å². The van der Waals surface area contributed by atoms with Gasteiger partial charge in [-0.2, -0.15) is 0 Å². The van der Waals surface area contributed by atoms with E-state index in [4.69, 9.17) is 4.74 Å². The fourth-order valence-corrected chi connectivity index (χ4v) is 5.41. The second kappa shape index (κ2) is 12.1. The molecule has 1 unspecified atom stereocenters. The third-order valence-corrected chi connectivity index (χ3v) is 7.42. The van der Waals surface area contributed by atoms with Gasteiger partial charge in [0.15, 0.2) is 0 Å². The number of carbonyl (C=O) groups is 3. The maximum Gasteiger partial charge on any atom is 0.410 e. The number of amides is 3. The van der Waals surface area contributed by atoms with Crippen LogP contribution in [0.3, 0.4) is 0 Å². The number of nitrogens with one attached hydrogen (secondary N) is 1. The summed E-state index contributed by atoms with van der Waals surface area (Å²) in [5.41, 5.74) is 2.05. The molecule has 2 saturated heterocycles. The quantitative estimate of drug-likeness (QED) is 0.537. The van der Waals surface area contributed by atoms with E-state index in [1.807, 2.05) is 80.3 Å². The number of hydrogen-bond acceptors (Lipinski definition) is 6. The predicted octanol–water partition coefficient (Wildman–Crippen LogP) is 3.99. The topological polar surface area (TPSA) is 102 Å². The van der Waals surface area contributed by atoms with Crippen LogP contribution in [0.5, 0.6) is 0 Å². The molecular weight excluding hydrogens is 496 g/mol. The van der Waals surface area contributed by atoms with Gasteiger partial charge in [0.1, 0.15) is 25.2 Å². The Kier molecular flexibility index (Phi) is 8.80. The Morgan fingerprint density at radius 2 is 1.77 bits per heavy atom. The van der Waals surface area contributed by atoms with Crippen molar-refractivity contribution >= 4 is 29.5 Å². The summed E-state index contributed by atoms with van der Waals surface area (Å²) in [4.78, 5) is 41.3. The molecule has 9 nitrogen and oxygen atoms in total. The number of quaternary nitrogens is 1. The highest BCUT2D eigenvalue weighted by Crippen LogP contribution is 2.27. The zero-order valence-electron chi connectivity index (χ0n) is 23.2.